The smallest absolute Gasteiger partial charge is 0.387 e. The van der Waals surface area contributed by atoms with E-state index in [9.17, 15) is 13.6 Å². The van der Waals surface area contributed by atoms with Crippen LogP contribution in [0, 0.1) is 5.41 Å². The zero-order valence-electron chi connectivity index (χ0n) is 10.4. The van der Waals surface area contributed by atoms with Gasteiger partial charge in [0.25, 0.3) is 5.91 Å². The van der Waals surface area contributed by atoms with E-state index >= 15 is 0 Å². The van der Waals surface area contributed by atoms with Gasteiger partial charge in [-0.1, -0.05) is 0 Å². The molecular weight excluding hydrogens is 254 g/mol. The van der Waals surface area contributed by atoms with Crippen molar-refractivity contribution in [1.82, 2.24) is 5.32 Å². The Hall–Kier alpha value is -1.69. The third-order valence-electron chi connectivity index (χ3n) is 3.36. The van der Waals surface area contributed by atoms with Gasteiger partial charge in [-0.2, -0.15) is 8.78 Å². The van der Waals surface area contributed by atoms with Crippen LogP contribution in [0.25, 0.3) is 0 Å². The molecule has 0 radical (unpaired) electrons. The summed E-state index contributed by atoms with van der Waals surface area (Å²) in [6.07, 6.45) is 2.07. The van der Waals surface area contributed by atoms with Gasteiger partial charge < -0.3 is 15.8 Å². The van der Waals surface area contributed by atoms with Crippen LogP contribution in [-0.4, -0.2) is 25.6 Å². The van der Waals surface area contributed by atoms with Crippen LogP contribution in [0.4, 0.5) is 8.78 Å². The van der Waals surface area contributed by atoms with Gasteiger partial charge in [-0.3, -0.25) is 4.79 Å². The van der Waals surface area contributed by atoms with E-state index in [1.165, 1.54) is 24.3 Å². The Morgan fingerprint density at radius 2 is 2.00 bits per heavy atom. The summed E-state index contributed by atoms with van der Waals surface area (Å²) in [5.41, 5.74) is 6.10. The third-order valence-corrected chi connectivity index (χ3v) is 3.36. The molecule has 1 aliphatic carbocycles. The molecule has 0 bridgehead atoms. The van der Waals surface area contributed by atoms with Crippen LogP contribution in [-0.2, 0) is 0 Å². The molecule has 0 aromatic heterocycles. The SMILES string of the molecule is NCC1(CNC(=O)c2ccc(OC(F)F)cc2)CC1. The summed E-state index contributed by atoms with van der Waals surface area (Å²) in [5.74, 6) is -0.199. The van der Waals surface area contributed by atoms with Crippen molar-refractivity contribution in [2.45, 2.75) is 19.5 Å². The van der Waals surface area contributed by atoms with E-state index in [2.05, 4.69) is 10.1 Å². The van der Waals surface area contributed by atoms with Crippen LogP contribution in [0.2, 0.25) is 0 Å². The molecule has 0 atom stereocenters. The second kappa shape index (κ2) is 5.52. The van der Waals surface area contributed by atoms with Crippen molar-refractivity contribution >= 4 is 5.91 Å². The van der Waals surface area contributed by atoms with Crippen LogP contribution in [0.3, 0.4) is 0 Å². The summed E-state index contributed by atoms with van der Waals surface area (Å²) in [4.78, 5) is 11.8. The highest BCUT2D eigenvalue weighted by Crippen LogP contribution is 2.43. The molecule has 1 aromatic rings. The molecule has 6 heteroatoms. The van der Waals surface area contributed by atoms with Crippen molar-refractivity contribution in [3.8, 4) is 5.75 Å². The molecule has 0 heterocycles. The van der Waals surface area contributed by atoms with Crippen molar-refractivity contribution in [1.29, 1.82) is 0 Å². The zero-order chi connectivity index (χ0) is 13.9. The Bertz CT molecular complexity index is 444. The van der Waals surface area contributed by atoms with Crippen LogP contribution in [0.15, 0.2) is 24.3 Å². The molecule has 1 aliphatic rings. The third kappa shape index (κ3) is 3.64. The van der Waals surface area contributed by atoms with Gasteiger partial charge in [-0.25, -0.2) is 0 Å². The van der Waals surface area contributed by atoms with Crippen molar-refractivity contribution in [3.05, 3.63) is 29.8 Å². The minimum Gasteiger partial charge on any atom is -0.435 e. The van der Waals surface area contributed by atoms with Gasteiger partial charge in [0.05, 0.1) is 0 Å². The number of rotatable bonds is 6. The molecule has 3 N–H and O–H groups in total. The number of hydrogen-bond acceptors (Lipinski definition) is 3. The molecule has 1 aromatic carbocycles. The Balaban J connectivity index is 1.88. The molecule has 4 nitrogen and oxygen atoms in total. The molecule has 104 valence electrons. The average molecular weight is 270 g/mol. The summed E-state index contributed by atoms with van der Waals surface area (Å²) in [6, 6.07) is 5.60. The largest absolute Gasteiger partial charge is 0.435 e. The van der Waals surface area contributed by atoms with Crippen molar-refractivity contribution in [3.63, 3.8) is 0 Å². The maximum absolute atomic E-state index is 12.0. The first kappa shape index (κ1) is 13.7. The van der Waals surface area contributed by atoms with Gasteiger partial charge in [0.15, 0.2) is 0 Å². The second-order valence-corrected chi connectivity index (χ2v) is 4.79. The minimum atomic E-state index is -2.86. The molecule has 0 aliphatic heterocycles. The normalized spacial score (nSPS) is 16.2. The first-order chi connectivity index (χ1) is 9.04. The standard InChI is InChI=1S/C13H16F2N2O2/c14-12(15)19-10-3-1-9(2-4-10)11(18)17-8-13(7-16)5-6-13/h1-4,12H,5-8,16H2,(H,17,18). The number of nitrogens with two attached hydrogens (primary N) is 1. The fraction of sp³-hybridized carbons (Fsp3) is 0.462. The lowest BCUT2D eigenvalue weighted by Gasteiger charge is -2.13. The Morgan fingerprint density at radius 1 is 1.37 bits per heavy atom. The fourth-order valence-electron chi connectivity index (χ4n) is 1.79. The van der Waals surface area contributed by atoms with E-state index in [1.807, 2.05) is 0 Å². The number of carbonyl (C=O) groups excluding carboxylic acids is 1. The van der Waals surface area contributed by atoms with Gasteiger partial charge in [0.2, 0.25) is 0 Å². The highest BCUT2D eigenvalue weighted by molar-refractivity contribution is 5.94. The Labute approximate surface area is 109 Å². The molecular formula is C13H16F2N2O2. The van der Waals surface area contributed by atoms with Crippen molar-refractivity contribution in [2.75, 3.05) is 13.1 Å². The summed E-state index contributed by atoms with van der Waals surface area (Å²) in [7, 11) is 0. The summed E-state index contributed by atoms with van der Waals surface area (Å²) < 4.78 is 28.1. The topological polar surface area (TPSA) is 64.3 Å². The van der Waals surface area contributed by atoms with Gasteiger partial charge in [0.1, 0.15) is 5.75 Å². The van der Waals surface area contributed by atoms with Gasteiger partial charge in [-0.15, -0.1) is 0 Å². The maximum Gasteiger partial charge on any atom is 0.387 e. The average Bonchev–Trinajstić information content (AvgIpc) is 3.17. The lowest BCUT2D eigenvalue weighted by molar-refractivity contribution is -0.0498. The molecule has 1 amide bonds. The first-order valence-electron chi connectivity index (χ1n) is 6.08. The zero-order valence-corrected chi connectivity index (χ0v) is 10.4. The predicted molar refractivity (Wildman–Crippen MR) is 66.1 cm³/mol. The van der Waals surface area contributed by atoms with Crippen molar-refractivity contribution in [2.24, 2.45) is 11.1 Å². The molecule has 2 rings (SSSR count). The molecule has 1 fully saturated rings. The predicted octanol–water partition coefficient (Wildman–Crippen LogP) is 1.76. The Morgan fingerprint density at radius 3 is 2.47 bits per heavy atom. The van der Waals surface area contributed by atoms with Gasteiger partial charge in [-0.05, 0) is 43.7 Å². The number of nitrogens with one attached hydrogen (secondary N) is 1. The second-order valence-electron chi connectivity index (χ2n) is 4.79. The number of alkyl halides is 2. The van der Waals surface area contributed by atoms with Crippen LogP contribution in [0.1, 0.15) is 23.2 Å². The minimum absolute atomic E-state index is 0.0344. The lowest BCUT2D eigenvalue weighted by atomic mass is 10.1. The van der Waals surface area contributed by atoms with E-state index in [0.717, 1.165) is 12.8 Å². The number of amides is 1. The lowest BCUT2D eigenvalue weighted by Crippen LogP contribution is -2.33. The highest BCUT2D eigenvalue weighted by atomic mass is 19.3. The van der Waals surface area contributed by atoms with E-state index in [-0.39, 0.29) is 17.1 Å². The first-order valence-corrected chi connectivity index (χ1v) is 6.08. The summed E-state index contributed by atoms with van der Waals surface area (Å²) >= 11 is 0. The number of benzene rings is 1. The summed E-state index contributed by atoms with van der Waals surface area (Å²) in [5, 5.41) is 2.80. The molecule has 0 spiro atoms. The molecule has 0 saturated heterocycles. The van der Waals surface area contributed by atoms with Crippen LogP contribution < -0.4 is 15.8 Å². The maximum atomic E-state index is 12.0. The van der Waals surface area contributed by atoms with E-state index < -0.39 is 6.61 Å². The fourth-order valence-corrected chi connectivity index (χ4v) is 1.79. The van der Waals surface area contributed by atoms with Gasteiger partial charge >= 0.3 is 6.61 Å². The van der Waals surface area contributed by atoms with Crippen LogP contribution >= 0.6 is 0 Å². The van der Waals surface area contributed by atoms with E-state index in [0.29, 0.717) is 18.7 Å². The number of ether oxygens (including phenoxy) is 1. The van der Waals surface area contributed by atoms with E-state index in [4.69, 9.17) is 5.73 Å². The molecule has 19 heavy (non-hydrogen) atoms. The number of halogens is 2. The van der Waals surface area contributed by atoms with E-state index in [1.54, 1.807) is 0 Å². The highest BCUT2D eigenvalue weighted by Gasteiger charge is 2.41. The Kier molecular flexibility index (Phi) is 3.99. The van der Waals surface area contributed by atoms with Gasteiger partial charge in [0, 0.05) is 17.5 Å². The monoisotopic (exact) mass is 270 g/mol. The van der Waals surface area contributed by atoms with Crippen molar-refractivity contribution < 1.29 is 18.3 Å². The quantitative estimate of drug-likeness (QED) is 0.827. The molecule has 0 unspecified atom stereocenters. The number of carbonyl (C=O) groups is 1. The molecule has 1 saturated carbocycles. The van der Waals surface area contributed by atoms with Crippen LogP contribution in [0.5, 0.6) is 5.75 Å². The number of hydrogen-bond donors (Lipinski definition) is 2. The summed E-state index contributed by atoms with van der Waals surface area (Å²) in [6.45, 7) is -1.74.